The van der Waals surface area contributed by atoms with Crippen molar-refractivity contribution < 1.29 is 9.53 Å². The maximum atomic E-state index is 13.2. The lowest BCUT2D eigenvalue weighted by molar-refractivity contribution is -0.121. The van der Waals surface area contributed by atoms with Crippen molar-refractivity contribution in [2.24, 2.45) is 4.99 Å². The van der Waals surface area contributed by atoms with Crippen LogP contribution in [0.3, 0.4) is 0 Å². The first-order valence-corrected chi connectivity index (χ1v) is 12.6. The Hall–Kier alpha value is -3.61. The maximum absolute atomic E-state index is 13.2. The monoisotopic (exact) mass is 479 g/mol. The molecule has 2 aliphatic rings. The average Bonchev–Trinajstić information content (AvgIpc) is 3.17. The summed E-state index contributed by atoms with van der Waals surface area (Å²) in [5, 5.41) is 5.29. The minimum atomic E-state index is -0.0318. The minimum absolute atomic E-state index is 0.0318. The molecule has 6 heteroatoms. The van der Waals surface area contributed by atoms with Crippen LogP contribution in [0.25, 0.3) is 27.6 Å². The number of hydrogen-bond acceptors (Lipinski definition) is 5. The van der Waals surface area contributed by atoms with Crippen molar-refractivity contribution in [1.29, 1.82) is 0 Å². The number of hydrogen-bond donors (Lipinski definition) is 0. The Morgan fingerprint density at radius 2 is 1.51 bits per heavy atom. The second-order valence-corrected chi connectivity index (χ2v) is 9.73. The molecule has 0 spiro atoms. The second-order valence-electron chi connectivity index (χ2n) is 8.72. The van der Waals surface area contributed by atoms with E-state index in [9.17, 15) is 4.79 Å². The first kappa shape index (κ1) is 21.9. The van der Waals surface area contributed by atoms with Crippen LogP contribution in [0, 0.1) is 0 Å². The average molecular weight is 480 g/mol. The van der Waals surface area contributed by atoms with Gasteiger partial charge in [0.1, 0.15) is 0 Å². The van der Waals surface area contributed by atoms with Gasteiger partial charge < -0.3 is 9.64 Å². The Kier molecular flexibility index (Phi) is 5.76. The topological polar surface area (TPSA) is 45.1 Å². The Balaban J connectivity index is 1.34. The zero-order valence-corrected chi connectivity index (χ0v) is 20.3. The number of fused-ring (bicyclic) bond motifs is 2. The van der Waals surface area contributed by atoms with Gasteiger partial charge in [-0.25, -0.2) is 4.99 Å². The van der Waals surface area contributed by atoms with E-state index in [0.717, 1.165) is 59.1 Å². The number of morpholine rings is 1. The molecular weight excluding hydrogens is 454 g/mol. The number of aliphatic imine (C=N–C) groups is 1. The van der Waals surface area contributed by atoms with Gasteiger partial charge in [0.15, 0.2) is 5.17 Å². The van der Waals surface area contributed by atoms with Crippen LogP contribution in [-0.4, -0.2) is 49.3 Å². The van der Waals surface area contributed by atoms with Crippen LogP contribution in [0.4, 0.5) is 11.4 Å². The van der Waals surface area contributed by atoms with Crippen LogP contribution in [0.15, 0.2) is 88.8 Å². The van der Waals surface area contributed by atoms with Crippen LogP contribution in [0.5, 0.6) is 0 Å². The molecule has 35 heavy (non-hydrogen) atoms. The second kappa shape index (κ2) is 9.21. The molecule has 4 aromatic carbocycles. The first-order chi connectivity index (χ1) is 17.2. The van der Waals surface area contributed by atoms with Gasteiger partial charge in [-0.3, -0.25) is 9.69 Å². The van der Waals surface area contributed by atoms with Crippen LogP contribution in [-0.2, 0) is 9.53 Å². The van der Waals surface area contributed by atoms with Gasteiger partial charge >= 0.3 is 0 Å². The fourth-order valence-electron chi connectivity index (χ4n) is 4.66. The number of ether oxygens (including phenoxy) is 1. The fraction of sp³-hybridized carbons (Fsp3) is 0.172. The van der Waals surface area contributed by atoms with Gasteiger partial charge in [-0.1, -0.05) is 48.5 Å². The highest BCUT2D eigenvalue weighted by Gasteiger charge is 2.30. The minimum Gasteiger partial charge on any atom is -0.378 e. The number of anilines is 1. The molecule has 0 atom stereocenters. The number of amidine groups is 1. The molecule has 2 heterocycles. The van der Waals surface area contributed by atoms with E-state index in [0.29, 0.717) is 10.1 Å². The van der Waals surface area contributed by atoms with Gasteiger partial charge in [0.2, 0.25) is 0 Å². The van der Waals surface area contributed by atoms with Crippen molar-refractivity contribution >= 4 is 61.8 Å². The molecule has 1 amide bonds. The van der Waals surface area contributed by atoms with Crippen LogP contribution < -0.4 is 4.90 Å². The summed E-state index contributed by atoms with van der Waals surface area (Å²) in [6, 6.07) is 27.1. The van der Waals surface area contributed by atoms with Crippen LogP contribution in [0.2, 0.25) is 0 Å². The van der Waals surface area contributed by atoms with Crippen molar-refractivity contribution in [3.8, 4) is 0 Å². The van der Waals surface area contributed by atoms with E-state index >= 15 is 0 Å². The summed E-state index contributed by atoms with van der Waals surface area (Å²) in [5.74, 6) is -0.0318. The molecule has 0 radical (unpaired) electrons. The van der Waals surface area contributed by atoms with Crippen molar-refractivity contribution in [2.45, 2.75) is 0 Å². The molecule has 2 fully saturated rings. The van der Waals surface area contributed by atoms with Crippen molar-refractivity contribution in [3.63, 3.8) is 0 Å². The first-order valence-electron chi connectivity index (χ1n) is 11.8. The van der Waals surface area contributed by atoms with Crippen molar-refractivity contribution in [2.75, 3.05) is 38.3 Å². The quantitative estimate of drug-likeness (QED) is 0.265. The van der Waals surface area contributed by atoms with Crippen molar-refractivity contribution in [1.82, 2.24) is 4.90 Å². The molecule has 2 aliphatic heterocycles. The summed E-state index contributed by atoms with van der Waals surface area (Å²) in [6.45, 7) is 3.32. The van der Waals surface area contributed by atoms with Gasteiger partial charge in [-0.2, -0.15) is 0 Å². The third kappa shape index (κ3) is 4.20. The summed E-state index contributed by atoms with van der Waals surface area (Å²) in [5.41, 5.74) is 3.07. The molecule has 4 aromatic rings. The number of nitrogens with zero attached hydrogens (tertiary/aromatic N) is 3. The van der Waals surface area contributed by atoms with Gasteiger partial charge in [0, 0.05) is 25.8 Å². The molecule has 0 bridgehead atoms. The number of carbonyl (C=O) groups is 1. The lowest BCUT2D eigenvalue weighted by atomic mass is 9.96. The number of likely N-dealkylation sites (N-methyl/N-ethyl adjacent to an activating group) is 1. The Labute approximate surface area is 208 Å². The predicted molar refractivity (Wildman–Crippen MR) is 146 cm³/mol. The Bertz CT molecular complexity index is 1430. The third-order valence-electron chi connectivity index (χ3n) is 6.54. The standard InChI is InChI=1S/C29H25N3O2S/c1-31-28(33)27(19-26-24-8-4-2-6-20(24)18-21-7-3-5-9-25(21)26)35-29(31)30-22-10-12-23(13-11-22)32-14-16-34-17-15-32/h2-13,18-19H,14-17H2,1H3/b27-19+,30-29?. The largest absolute Gasteiger partial charge is 0.378 e. The van der Waals surface area contributed by atoms with E-state index in [4.69, 9.17) is 9.73 Å². The zero-order chi connectivity index (χ0) is 23.8. The highest BCUT2D eigenvalue weighted by molar-refractivity contribution is 8.18. The summed E-state index contributed by atoms with van der Waals surface area (Å²) < 4.78 is 5.45. The molecule has 0 aromatic heterocycles. The summed E-state index contributed by atoms with van der Waals surface area (Å²) in [6.07, 6.45) is 2.03. The zero-order valence-electron chi connectivity index (χ0n) is 19.5. The van der Waals surface area contributed by atoms with Gasteiger partial charge in [0.05, 0.1) is 23.8 Å². The molecule has 6 rings (SSSR count). The van der Waals surface area contributed by atoms with Crippen LogP contribution in [0.1, 0.15) is 5.56 Å². The Morgan fingerprint density at radius 1 is 0.886 bits per heavy atom. The van der Waals surface area contributed by atoms with E-state index in [-0.39, 0.29) is 5.91 Å². The van der Waals surface area contributed by atoms with E-state index < -0.39 is 0 Å². The molecule has 5 nitrogen and oxygen atoms in total. The smallest absolute Gasteiger partial charge is 0.266 e. The molecule has 2 saturated heterocycles. The molecule has 0 aliphatic carbocycles. The normalized spacial score (nSPS) is 18.9. The molecule has 0 unspecified atom stereocenters. The van der Waals surface area contributed by atoms with E-state index in [2.05, 4.69) is 47.4 Å². The fourth-order valence-corrected chi connectivity index (χ4v) is 5.63. The van der Waals surface area contributed by atoms with E-state index in [1.807, 2.05) is 42.5 Å². The van der Waals surface area contributed by atoms with Crippen LogP contribution >= 0.6 is 11.8 Å². The van der Waals surface area contributed by atoms with Gasteiger partial charge in [-0.15, -0.1) is 0 Å². The van der Waals surface area contributed by atoms with E-state index in [1.54, 1.807) is 11.9 Å². The number of amides is 1. The van der Waals surface area contributed by atoms with Gasteiger partial charge in [0.25, 0.3) is 5.91 Å². The third-order valence-corrected chi connectivity index (χ3v) is 7.60. The maximum Gasteiger partial charge on any atom is 0.266 e. The lowest BCUT2D eigenvalue weighted by Gasteiger charge is -2.28. The number of carbonyl (C=O) groups excluding carboxylic acids is 1. The highest BCUT2D eigenvalue weighted by Crippen LogP contribution is 2.37. The number of rotatable bonds is 3. The number of thioether (sulfide) groups is 1. The molecule has 0 saturated carbocycles. The number of benzene rings is 4. The highest BCUT2D eigenvalue weighted by atomic mass is 32.2. The summed E-state index contributed by atoms with van der Waals surface area (Å²) >= 11 is 1.43. The van der Waals surface area contributed by atoms with Crippen molar-refractivity contribution in [3.05, 3.63) is 89.3 Å². The summed E-state index contributed by atoms with van der Waals surface area (Å²) in [7, 11) is 1.79. The lowest BCUT2D eigenvalue weighted by Crippen LogP contribution is -2.36. The summed E-state index contributed by atoms with van der Waals surface area (Å²) in [4.78, 5) is 22.6. The predicted octanol–water partition coefficient (Wildman–Crippen LogP) is 6.06. The van der Waals surface area contributed by atoms with Gasteiger partial charge in [-0.05, 0) is 75.3 Å². The molecular formula is C29H25N3O2S. The molecule has 0 N–H and O–H groups in total. The SMILES string of the molecule is CN1C(=O)/C(=C\c2c3ccccc3cc3ccccc23)SC1=Nc1ccc(N2CCOCC2)cc1. The molecule has 174 valence electrons. The van der Waals surface area contributed by atoms with E-state index in [1.165, 1.54) is 17.4 Å². The Morgan fingerprint density at radius 3 is 2.17 bits per heavy atom.